The van der Waals surface area contributed by atoms with E-state index in [2.05, 4.69) is 20.9 Å². The first-order valence-electron chi connectivity index (χ1n) is 6.46. The number of nitrogens with zero attached hydrogens (tertiary/aromatic N) is 2. The molecule has 0 radical (unpaired) electrons. The van der Waals surface area contributed by atoms with Crippen molar-refractivity contribution < 1.29 is 13.6 Å². The molecule has 0 atom stereocenters. The second kappa shape index (κ2) is 5.52. The minimum atomic E-state index is -0.944. The van der Waals surface area contributed by atoms with Gasteiger partial charge in [-0.05, 0) is 46.5 Å². The van der Waals surface area contributed by atoms with Gasteiger partial charge in [-0.15, -0.1) is 0 Å². The van der Waals surface area contributed by atoms with Crippen molar-refractivity contribution in [1.29, 1.82) is 0 Å². The highest BCUT2D eigenvalue weighted by Crippen LogP contribution is 2.30. The molecule has 0 saturated heterocycles. The van der Waals surface area contributed by atoms with Gasteiger partial charge in [-0.1, -0.05) is 0 Å². The van der Waals surface area contributed by atoms with Gasteiger partial charge in [0.05, 0.1) is 11.3 Å². The molecule has 1 aliphatic heterocycles. The molecule has 0 aliphatic carbocycles. The lowest BCUT2D eigenvalue weighted by Crippen LogP contribution is -2.35. The van der Waals surface area contributed by atoms with Crippen molar-refractivity contribution in [3.63, 3.8) is 0 Å². The molecule has 0 spiro atoms. The predicted octanol–water partition coefficient (Wildman–Crippen LogP) is 3.72. The number of aryl methyl sites for hydroxylation is 1. The molecule has 2 aromatic rings. The summed E-state index contributed by atoms with van der Waals surface area (Å²) in [5.41, 5.74) is 1.49. The van der Waals surface area contributed by atoms with Crippen molar-refractivity contribution in [3.05, 3.63) is 57.8 Å². The molecule has 3 rings (SSSR count). The number of pyridine rings is 1. The van der Waals surface area contributed by atoms with Gasteiger partial charge in [-0.25, -0.2) is 8.78 Å². The molecule has 1 aliphatic rings. The average Bonchev–Trinajstić information content (AvgIpc) is 2.47. The van der Waals surface area contributed by atoms with Gasteiger partial charge < -0.3 is 4.90 Å². The molecular formula is C15H11BrF2N2O. The zero-order valence-electron chi connectivity index (χ0n) is 10.9. The fourth-order valence-electron chi connectivity index (χ4n) is 2.47. The average molecular weight is 353 g/mol. The monoisotopic (exact) mass is 352 g/mol. The van der Waals surface area contributed by atoms with Crippen LogP contribution in [0.3, 0.4) is 0 Å². The van der Waals surface area contributed by atoms with Crippen LogP contribution >= 0.6 is 15.9 Å². The minimum Gasteiger partial charge on any atom is -0.308 e. The maximum Gasteiger partial charge on any atom is 0.259 e. The van der Waals surface area contributed by atoms with Crippen LogP contribution in [-0.2, 0) is 6.42 Å². The number of hydrogen-bond acceptors (Lipinski definition) is 2. The van der Waals surface area contributed by atoms with Crippen LogP contribution < -0.4 is 4.90 Å². The largest absolute Gasteiger partial charge is 0.308 e. The number of hydrogen-bond donors (Lipinski definition) is 0. The van der Waals surface area contributed by atoms with Crippen LogP contribution in [0.1, 0.15) is 22.3 Å². The summed E-state index contributed by atoms with van der Waals surface area (Å²) < 4.78 is 27.5. The number of anilines is 1. The Bertz CT molecular complexity index is 721. The third-order valence-corrected chi connectivity index (χ3v) is 3.87. The summed E-state index contributed by atoms with van der Waals surface area (Å²) in [6.07, 6.45) is 4.38. The summed E-state index contributed by atoms with van der Waals surface area (Å²) in [5, 5.41) is 0. The molecule has 0 saturated carbocycles. The molecule has 21 heavy (non-hydrogen) atoms. The molecule has 0 fully saturated rings. The predicted molar refractivity (Wildman–Crippen MR) is 78.3 cm³/mol. The van der Waals surface area contributed by atoms with Crippen LogP contribution in [-0.4, -0.2) is 17.4 Å². The normalized spacial score (nSPS) is 14.0. The lowest BCUT2D eigenvalue weighted by atomic mass is 10.0. The molecule has 1 aromatic carbocycles. The van der Waals surface area contributed by atoms with Crippen molar-refractivity contribution >= 4 is 27.5 Å². The van der Waals surface area contributed by atoms with Crippen LogP contribution in [0.25, 0.3) is 0 Å². The van der Waals surface area contributed by atoms with Crippen LogP contribution in [0, 0.1) is 11.6 Å². The Morgan fingerprint density at radius 2 is 1.95 bits per heavy atom. The van der Waals surface area contributed by atoms with E-state index < -0.39 is 11.6 Å². The Morgan fingerprint density at radius 1 is 1.19 bits per heavy atom. The summed E-state index contributed by atoms with van der Waals surface area (Å²) >= 11 is 3.26. The van der Waals surface area contributed by atoms with E-state index in [0.717, 1.165) is 6.07 Å². The van der Waals surface area contributed by atoms with E-state index >= 15 is 0 Å². The highest BCUT2D eigenvalue weighted by atomic mass is 79.9. The second-order valence-corrected chi connectivity index (χ2v) is 5.76. The SMILES string of the molecule is O=C(c1cncc(Br)c1)N1CCCc2cc(F)c(F)cc21. The molecule has 1 aromatic heterocycles. The fraction of sp³-hybridized carbons (Fsp3) is 0.200. The number of rotatable bonds is 1. The zero-order valence-corrected chi connectivity index (χ0v) is 12.5. The number of halogens is 3. The summed E-state index contributed by atoms with van der Waals surface area (Å²) in [7, 11) is 0. The molecule has 1 amide bonds. The van der Waals surface area contributed by atoms with Crippen molar-refractivity contribution in [3.8, 4) is 0 Å². The third kappa shape index (κ3) is 2.68. The van der Waals surface area contributed by atoms with Gasteiger partial charge in [0.25, 0.3) is 5.91 Å². The van der Waals surface area contributed by atoms with Crippen molar-refractivity contribution in [2.75, 3.05) is 11.4 Å². The number of fused-ring (bicyclic) bond motifs is 1. The topological polar surface area (TPSA) is 33.2 Å². The first kappa shape index (κ1) is 14.1. The molecule has 2 heterocycles. The highest BCUT2D eigenvalue weighted by Gasteiger charge is 2.25. The highest BCUT2D eigenvalue weighted by molar-refractivity contribution is 9.10. The molecular weight excluding hydrogens is 342 g/mol. The maximum absolute atomic E-state index is 13.5. The van der Waals surface area contributed by atoms with Crippen LogP contribution in [0.5, 0.6) is 0 Å². The first-order chi connectivity index (χ1) is 10.1. The molecule has 0 N–H and O–H groups in total. The van der Waals surface area contributed by atoms with Crippen LogP contribution in [0.4, 0.5) is 14.5 Å². The third-order valence-electron chi connectivity index (χ3n) is 3.44. The Balaban J connectivity index is 2.02. The van der Waals surface area contributed by atoms with E-state index in [-0.39, 0.29) is 5.91 Å². The van der Waals surface area contributed by atoms with E-state index in [0.29, 0.717) is 40.7 Å². The van der Waals surface area contributed by atoms with Crippen molar-refractivity contribution in [1.82, 2.24) is 4.98 Å². The Morgan fingerprint density at radius 3 is 2.71 bits per heavy atom. The number of aromatic nitrogens is 1. The Labute approximate surface area is 128 Å². The Hall–Kier alpha value is -1.82. The summed E-state index contributed by atoms with van der Waals surface area (Å²) in [6.45, 7) is 0.476. The van der Waals surface area contributed by atoms with E-state index in [9.17, 15) is 13.6 Å². The molecule has 6 heteroatoms. The van der Waals surface area contributed by atoms with Gasteiger partial charge in [-0.3, -0.25) is 9.78 Å². The van der Waals surface area contributed by atoms with E-state index in [1.165, 1.54) is 17.2 Å². The summed E-state index contributed by atoms with van der Waals surface area (Å²) in [6, 6.07) is 3.92. The van der Waals surface area contributed by atoms with Gasteiger partial charge in [0.2, 0.25) is 0 Å². The summed E-state index contributed by atoms with van der Waals surface area (Å²) in [5.74, 6) is -2.09. The van der Waals surface area contributed by atoms with Gasteiger partial charge in [0.1, 0.15) is 0 Å². The van der Waals surface area contributed by atoms with Crippen molar-refractivity contribution in [2.24, 2.45) is 0 Å². The standard InChI is InChI=1S/C15H11BrF2N2O/c16-11-4-10(7-19-8-11)15(21)20-3-1-2-9-5-12(17)13(18)6-14(9)20/h4-8H,1-3H2. The lowest BCUT2D eigenvalue weighted by Gasteiger charge is -2.29. The van der Waals surface area contributed by atoms with Gasteiger partial charge in [-0.2, -0.15) is 0 Å². The smallest absolute Gasteiger partial charge is 0.259 e. The minimum absolute atomic E-state index is 0.268. The van der Waals surface area contributed by atoms with E-state index in [4.69, 9.17) is 0 Å². The van der Waals surface area contributed by atoms with Crippen LogP contribution in [0.15, 0.2) is 35.1 Å². The number of benzene rings is 1. The quantitative estimate of drug-likeness (QED) is 0.783. The number of carbonyl (C=O) groups excluding carboxylic acids is 1. The molecule has 0 bridgehead atoms. The number of carbonyl (C=O) groups is 1. The van der Waals surface area contributed by atoms with Gasteiger partial charge in [0.15, 0.2) is 11.6 Å². The fourth-order valence-corrected chi connectivity index (χ4v) is 2.84. The molecule has 108 valence electrons. The van der Waals surface area contributed by atoms with E-state index in [1.807, 2.05) is 0 Å². The molecule has 0 unspecified atom stereocenters. The number of amides is 1. The zero-order chi connectivity index (χ0) is 15.0. The van der Waals surface area contributed by atoms with Gasteiger partial charge >= 0.3 is 0 Å². The first-order valence-corrected chi connectivity index (χ1v) is 7.26. The maximum atomic E-state index is 13.5. The van der Waals surface area contributed by atoms with Gasteiger partial charge in [0, 0.05) is 29.5 Å². The lowest BCUT2D eigenvalue weighted by molar-refractivity contribution is 0.0984. The van der Waals surface area contributed by atoms with Crippen LogP contribution in [0.2, 0.25) is 0 Å². The Kier molecular flexibility index (Phi) is 3.71. The second-order valence-electron chi connectivity index (χ2n) is 4.85. The molecule has 3 nitrogen and oxygen atoms in total. The summed E-state index contributed by atoms with van der Waals surface area (Å²) in [4.78, 5) is 18.0. The van der Waals surface area contributed by atoms with E-state index in [1.54, 1.807) is 12.3 Å². The van der Waals surface area contributed by atoms with Crippen molar-refractivity contribution in [2.45, 2.75) is 12.8 Å².